The van der Waals surface area contributed by atoms with Crippen LogP contribution in [0.5, 0.6) is 17.2 Å². The number of nitrogens with zero attached hydrogens (tertiary/aromatic N) is 3. The number of piperidine rings is 1. The fourth-order valence-electron chi connectivity index (χ4n) is 5.06. The predicted octanol–water partition coefficient (Wildman–Crippen LogP) is 3.80. The lowest BCUT2D eigenvalue weighted by Gasteiger charge is -2.38. The van der Waals surface area contributed by atoms with E-state index >= 15 is 0 Å². The summed E-state index contributed by atoms with van der Waals surface area (Å²) in [5, 5.41) is 10.5. The van der Waals surface area contributed by atoms with E-state index < -0.39 is 6.04 Å². The van der Waals surface area contributed by atoms with Gasteiger partial charge in [0.2, 0.25) is 5.91 Å². The Morgan fingerprint density at radius 2 is 2.05 bits per heavy atom. The zero-order chi connectivity index (χ0) is 29.6. The number of ether oxygens (including phenoxy) is 3. The maximum Gasteiger partial charge on any atom is 0.275 e. The summed E-state index contributed by atoms with van der Waals surface area (Å²) in [4.78, 5) is 40.8. The normalized spacial score (nSPS) is 19.8. The largest absolute Gasteiger partial charge is 0.497 e. The zero-order valence-electron chi connectivity index (χ0n) is 23.6. The van der Waals surface area contributed by atoms with E-state index in [2.05, 4.69) is 15.7 Å². The predicted molar refractivity (Wildman–Crippen MR) is 155 cm³/mol. The second-order valence-corrected chi connectivity index (χ2v) is 10.7. The number of carbonyl (C=O) groups is 3. The minimum absolute atomic E-state index is 0.189. The summed E-state index contributed by atoms with van der Waals surface area (Å²) in [6.45, 7) is 3.77. The van der Waals surface area contributed by atoms with Crippen LogP contribution in [-0.2, 0) is 22.7 Å². The third-order valence-corrected chi connectivity index (χ3v) is 7.55. The van der Waals surface area contributed by atoms with Crippen molar-refractivity contribution in [1.29, 1.82) is 0 Å². The first-order chi connectivity index (χ1) is 20.3. The van der Waals surface area contributed by atoms with Gasteiger partial charge in [-0.2, -0.15) is 5.10 Å². The van der Waals surface area contributed by atoms with Crippen LogP contribution in [0.2, 0.25) is 5.02 Å². The van der Waals surface area contributed by atoms with E-state index in [1.807, 2.05) is 31.2 Å². The maximum atomic E-state index is 13.3. The fourth-order valence-corrected chi connectivity index (χ4v) is 5.29. The van der Waals surface area contributed by atoms with E-state index in [4.69, 9.17) is 25.8 Å². The summed E-state index contributed by atoms with van der Waals surface area (Å²) in [6.07, 6.45) is 2.44. The number of halogens is 1. The highest BCUT2D eigenvalue weighted by molar-refractivity contribution is 6.33. The van der Waals surface area contributed by atoms with Gasteiger partial charge in [-0.15, -0.1) is 0 Å². The van der Waals surface area contributed by atoms with Gasteiger partial charge in [-0.25, -0.2) is 0 Å². The van der Waals surface area contributed by atoms with Crippen LogP contribution >= 0.6 is 11.6 Å². The summed E-state index contributed by atoms with van der Waals surface area (Å²) in [5.41, 5.74) is 1.45. The van der Waals surface area contributed by atoms with Crippen molar-refractivity contribution in [3.63, 3.8) is 0 Å². The quantitative estimate of drug-likeness (QED) is 0.472. The molecule has 222 valence electrons. The summed E-state index contributed by atoms with van der Waals surface area (Å²) >= 11 is 6.30. The summed E-state index contributed by atoms with van der Waals surface area (Å²) in [6, 6.07) is 12.0. The maximum absolute atomic E-state index is 13.3. The molecule has 0 radical (unpaired) electrons. The Morgan fingerprint density at radius 1 is 1.19 bits per heavy atom. The topological polar surface area (TPSA) is 124 Å². The van der Waals surface area contributed by atoms with Gasteiger partial charge < -0.3 is 29.7 Å². The molecular formula is C30H34ClN5O6. The number of nitrogens with one attached hydrogen (secondary N) is 2. The molecule has 1 aromatic heterocycles. The van der Waals surface area contributed by atoms with E-state index in [-0.39, 0.29) is 49.1 Å². The van der Waals surface area contributed by atoms with Crippen LogP contribution in [0.4, 0.5) is 0 Å². The number of aromatic nitrogens is 2. The molecular weight excluding hydrogens is 562 g/mol. The van der Waals surface area contributed by atoms with Gasteiger partial charge in [-0.05, 0) is 49.6 Å². The smallest absolute Gasteiger partial charge is 0.275 e. The first-order valence-electron chi connectivity index (χ1n) is 14.0. The molecule has 42 heavy (non-hydrogen) atoms. The standard InChI is InChI=1S/C30H34ClN5O6/c1-3-36-16-24(31)28(34-36)30(39)35-11-9-26-25(17-35)33-27(37)8-5-10-32-29(38)20-13-22(40-2)15-23(14-20)42-21-7-4-6-19(12-21)18-41-26/h4,6-7,12-16,25-26H,3,5,8-11,17-18H2,1-2H3,(H,32,38)(H,33,37)/t25-,26-/m0/s1. The molecule has 4 bridgehead atoms. The number of rotatable bonds is 3. The summed E-state index contributed by atoms with van der Waals surface area (Å²) in [7, 11) is 1.53. The highest BCUT2D eigenvalue weighted by atomic mass is 35.5. The molecule has 2 aromatic carbocycles. The van der Waals surface area contributed by atoms with Gasteiger partial charge >= 0.3 is 0 Å². The van der Waals surface area contributed by atoms with Crippen LogP contribution in [0.3, 0.4) is 0 Å². The highest BCUT2D eigenvalue weighted by Crippen LogP contribution is 2.29. The Balaban J connectivity index is 1.36. The van der Waals surface area contributed by atoms with Crippen molar-refractivity contribution in [2.24, 2.45) is 0 Å². The van der Waals surface area contributed by atoms with Crippen LogP contribution < -0.4 is 20.1 Å². The number of likely N-dealkylation sites (tertiary alicyclic amines) is 1. The lowest BCUT2D eigenvalue weighted by Crippen LogP contribution is -2.57. The summed E-state index contributed by atoms with van der Waals surface area (Å²) in [5.74, 6) is 0.748. The molecule has 11 nitrogen and oxygen atoms in total. The first-order valence-corrected chi connectivity index (χ1v) is 14.4. The number of aryl methyl sites for hydroxylation is 1. The SMILES string of the molecule is CCn1cc(Cl)c(C(=O)N2CC[C@@H]3OCc4cccc(c4)Oc4cc(OC)cc(c4)C(=O)NCCCC(=O)N[C@H]3C2)n1. The van der Waals surface area contributed by atoms with Crippen LogP contribution in [-0.4, -0.2) is 71.3 Å². The number of fused-ring (bicyclic) bond motifs is 5. The Bertz CT molecular complexity index is 1460. The van der Waals surface area contributed by atoms with Gasteiger partial charge in [0.05, 0.1) is 30.9 Å². The number of carbonyl (C=O) groups excluding carboxylic acids is 3. The van der Waals surface area contributed by atoms with Crippen molar-refractivity contribution in [3.05, 3.63) is 70.5 Å². The molecule has 3 heterocycles. The first kappa shape index (κ1) is 29.4. The third kappa shape index (κ3) is 7.03. The molecule has 0 aliphatic carbocycles. The highest BCUT2D eigenvalue weighted by Gasteiger charge is 2.35. The van der Waals surface area contributed by atoms with Crippen LogP contribution in [0.25, 0.3) is 0 Å². The molecule has 5 rings (SSSR count). The molecule has 0 spiro atoms. The molecule has 12 heteroatoms. The number of hydrogen-bond acceptors (Lipinski definition) is 7. The Hall–Kier alpha value is -4.09. The molecule has 2 aliphatic rings. The second kappa shape index (κ2) is 13.3. The van der Waals surface area contributed by atoms with Crippen molar-refractivity contribution in [3.8, 4) is 17.2 Å². The lowest BCUT2D eigenvalue weighted by atomic mass is 10.0. The van der Waals surface area contributed by atoms with E-state index in [9.17, 15) is 14.4 Å². The van der Waals surface area contributed by atoms with Crippen molar-refractivity contribution in [2.45, 2.75) is 51.5 Å². The molecule has 3 amide bonds. The van der Waals surface area contributed by atoms with Crippen LogP contribution in [0, 0.1) is 0 Å². The Kier molecular flexibility index (Phi) is 9.28. The van der Waals surface area contributed by atoms with Crippen LogP contribution in [0.15, 0.2) is 48.7 Å². The monoisotopic (exact) mass is 595 g/mol. The van der Waals surface area contributed by atoms with Gasteiger partial charge in [-0.1, -0.05) is 23.7 Å². The average molecular weight is 596 g/mol. The second-order valence-electron chi connectivity index (χ2n) is 10.3. The van der Waals surface area contributed by atoms with Crippen molar-refractivity contribution in [2.75, 3.05) is 26.7 Å². The number of methoxy groups -OCH3 is 1. The van der Waals surface area contributed by atoms with Crippen LogP contribution in [0.1, 0.15) is 52.6 Å². The van der Waals surface area contributed by atoms with Gasteiger partial charge in [0, 0.05) is 50.4 Å². The summed E-state index contributed by atoms with van der Waals surface area (Å²) < 4.78 is 19.4. The van der Waals surface area contributed by atoms with Crippen molar-refractivity contribution < 1.29 is 28.6 Å². The van der Waals surface area contributed by atoms with Crippen molar-refractivity contribution >= 4 is 29.3 Å². The van der Waals surface area contributed by atoms with E-state index in [0.717, 1.165) is 5.56 Å². The number of hydrogen-bond donors (Lipinski definition) is 2. The van der Waals surface area contributed by atoms with Gasteiger partial charge in [0.25, 0.3) is 11.8 Å². The fraction of sp³-hybridized carbons (Fsp3) is 0.400. The van der Waals surface area contributed by atoms with Gasteiger partial charge in [0.15, 0.2) is 5.69 Å². The van der Waals surface area contributed by atoms with E-state index in [0.29, 0.717) is 60.3 Å². The van der Waals surface area contributed by atoms with E-state index in [1.165, 1.54) is 7.11 Å². The molecule has 2 aliphatic heterocycles. The van der Waals surface area contributed by atoms with Gasteiger partial charge in [-0.3, -0.25) is 19.1 Å². The third-order valence-electron chi connectivity index (χ3n) is 7.27. The Morgan fingerprint density at radius 3 is 2.83 bits per heavy atom. The molecule has 0 saturated carbocycles. The minimum atomic E-state index is -0.442. The Labute approximate surface area is 249 Å². The molecule has 2 atom stereocenters. The average Bonchev–Trinajstić information content (AvgIpc) is 3.38. The number of amides is 3. The molecule has 1 fully saturated rings. The van der Waals surface area contributed by atoms with Crippen molar-refractivity contribution in [1.82, 2.24) is 25.3 Å². The molecule has 3 aromatic rings. The molecule has 0 unspecified atom stereocenters. The number of benzene rings is 2. The van der Waals surface area contributed by atoms with Gasteiger partial charge in [0.1, 0.15) is 17.2 Å². The van der Waals surface area contributed by atoms with E-state index in [1.54, 1.807) is 34.0 Å². The zero-order valence-corrected chi connectivity index (χ0v) is 24.4. The molecule has 2 N–H and O–H groups in total. The molecule has 1 saturated heterocycles. The minimum Gasteiger partial charge on any atom is -0.497 e. The lowest BCUT2D eigenvalue weighted by molar-refractivity contribution is -0.124.